The van der Waals surface area contributed by atoms with Crippen LogP contribution >= 0.6 is 15.9 Å². The molecule has 0 bridgehead atoms. The summed E-state index contributed by atoms with van der Waals surface area (Å²) in [6.07, 6.45) is 2.54. The third-order valence-corrected chi connectivity index (χ3v) is 4.72. The molecule has 0 amide bonds. The fraction of sp³-hybridized carbons (Fsp3) is 0.136. The molecule has 3 aromatic rings. The van der Waals surface area contributed by atoms with Crippen molar-refractivity contribution in [2.24, 2.45) is 4.99 Å². The molecule has 3 aromatic carbocycles. The molecule has 0 aliphatic heterocycles. The van der Waals surface area contributed by atoms with E-state index in [1.165, 1.54) is 11.1 Å². The molecule has 0 unspecified atom stereocenters. The Hall–Kier alpha value is -2.39. The van der Waals surface area contributed by atoms with Gasteiger partial charge in [-0.25, -0.2) is 0 Å². The largest absolute Gasteiger partial charge is 0.506 e. The van der Waals surface area contributed by atoms with Gasteiger partial charge in [0, 0.05) is 11.8 Å². The van der Waals surface area contributed by atoms with Crippen LogP contribution in [0.1, 0.15) is 27.8 Å². The molecule has 1 N–H and O–H groups in total. The fourth-order valence-electron chi connectivity index (χ4n) is 2.71. The number of nitrogens with zero attached hydrogens (tertiary/aromatic N) is 1. The van der Waals surface area contributed by atoms with Crippen LogP contribution in [0.15, 0.2) is 70.1 Å². The van der Waals surface area contributed by atoms with E-state index in [1.807, 2.05) is 50.2 Å². The Labute approximate surface area is 157 Å². The number of hydrogen-bond acceptors (Lipinski definition) is 2. The lowest BCUT2D eigenvalue weighted by molar-refractivity contribution is 0.471. The highest BCUT2D eigenvalue weighted by atomic mass is 79.9. The van der Waals surface area contributed by atoms with Gasteiger partial charge in [-0.05, 0) is 76.7 Å². The molecule has 0 aromatic heterocycles. The normalized spacial score (nSPS) is 11.2. The summed E-state index contributed by atoms with van der Waals surface area (Å²) in [5.74, 6) is 0.214. The van der Waals surface area contributed by atoms with Gasteiger partial charge in [0.2, 0.25) is 0 Å². The standard InChI is InChI=1S/C22H20BrNO/c1-15-8-9-16(2)21(10-15)24-14-19-12-18(13-20(23)22(19)25)11-17-6-4-3-5-7-17/h3-10,12-14,25H,11H2,1-2H3. The Morgan fingerprint density at radius 2 is 1.72 bits per heavy atom. The minimum atomic E-state index is 0.214. The monoisotopic (exact) mass is 393 g/mol. The lowest BCUT2D eigenvalue weighted by Crippen LogP contribution is -1.92. The third kappa shape index (κ3) is 4.37. The highest BCUT2D eigenvalue weighted by Gasteiger charge is 2.08. The Morgan fingerprint density at radius 3 is 2.48 bits per heavy atom. The SMILES string of the molecule is Cc1ccc(C)c(N=Cc2cc(Cc3ccccc3)cc(Br)c2O)c1. The predicted molar refractivity (Wildman–Crippen MR) is 108 cm³/mol. The van der Waals surface area contributed by atoms with Crippen LogP contribution in [0.2, 0.25) is 0 Å². The van der Waals surface area contributed by atoms with Gasteiger partial charge in [-0.15, -0.1) is 0 Å². The number of halogens is 1. The van der Waals surface area contributed by atoms with Crippen LogP contribution in [0.5, 0.6) is 5.75 Å². The van der Waals surface area contributed by atoms with Crippen molar-refractivity contribution in [3.05, 3.63) is 93.0 Å². The predicted octanol–water partition coefficient (Wildman–Crippen LogP) is 6.11. The first-order valence-electron chi connectivity index (χ1n) is 8.19. The minimum Gasteiger partial charge on any atom is -0.506 e. The van der Waals surface area contributed by atoms with E-state index in [9.17, 15) is 5.11 Å². The summed E-state index contributed by atoms with van der Waals surface area (Å²) in [4.78, 5) is 4.58. The van der Waals surface area contributed by atoms with Crippen LogP contribution in [-0.4, -0.2) is 11.3 Å². The quantitative estimate of drug-likeness (QED) is 0.532. The molecule has 0 aliphatic carbocycles. The lowest BCUT2D eigenvalue weighted by atomic mass is 10.0. The number of phenolic OH excluding ortho intramolecular Hbond substituents is 1. The molecule has 0 aliphatic rings. The molecule has 2 nitrogen and oxygen atoms in total. The van der Waals surface area contributed by atoms with E-state index >= 15 is 0 Å². The Kier molecular flexibility index (Phi) is 5.34. The van der Waals surface area contributed by atoms with E-state index in [4.69, 9.17) is 0 Å². The van der Waals surface area contributed by atoms with Gasteiger partial charge >= 0.3 is 0 Å². The molecule has 0 spiro atoms. The van der Waals surface area contributed by atoms with Crippen molar-refractivity contribution in [1.29, 1.82) is 0 Å². The Balaban J connectivity index is 1.93. The molecule has 3 heteroatoms. The number of aryl methyl sites for hydroxylation is 2. The van der Waals surface area contributed by atoms with Gasteiger partial charge in [-0.1, -0.05) is 42.5 Å². The van der Waals surface area contributed by atoms with Crippen LogP contribution in [-0.2, 0) is 6.42 Å². The molecular formula is C22H20BrNO. The van der Waals surface area contributed by atoms with Gasteiger partial charge in [0.1, 0.15) is 5.75 Å². The third-order valence-electron chi connectivity index (χ3n) is 4.11. The number of phenols is 1. The van der Waals surface area contributed by atoms with Gasteiger partial charge in [-0.2, -0.15) is 0 Å². The molecule has 0 heterocycles. The zero-order valence-electron chi connectivity index (χ0n) is 14.3. The second kappa shape index (κ2) is 7.66. The van der Waals surface area contributed by atoms with E-state index < -0.39 is 0 Å². The first-order valence-corrected chi connectivity index (χ1v) is 8.99. The van der Waals surface area contributed by atoms with Crippen LogP contribution in [0.3, 0.4) is 0 Å². The highest BCUT2D eigenvalue weighted by molar-refractivity contribution is 9.10. The highest BCUT2D eigenvalue weighted by Crippen LogP contribution is 2.30. The summed E-state index contributed by atoms with van der Waals surface area (Å²) >= 11 is 3.45. The lowest BCUT2D eigenvalue weighted by Gasteiger charge is -2.08. The molecular weight excluding hydrogens is 374 g/mol. The van der Waals surface area contributed by atoms with Crippen molar-refractivity contribution >= 4 is 27.8 Å². The number of rotatable bonds is 4. The van der Waals surface area contributed by atoms with E-state index in [2.05, 4.69) is 45.2 Å². The maximum Gasteiger partial charge on any atom is 0.138 e. The first kappa shape index (κ1) is 17.4. The summed E-state index contributed by atoms with van der Waals surface area (Å²) in [5.41, 5.74) is 6.27. The van der Waals surface area contributed by atoms with Gasteiger partial charge in [-0.3, -0.25) is 4.99 Å². The van der Waals surface area contributed by atoms with E-state index in [0.29, 0.717) is 10.0 Å². The number of benzene rings is 3. The maximum atomic E-state index is 10.4. The van der Waals surface area contributed by atoms with Crippen molar-refractivity contribution < 1.29 is 5.11 Å². The molecule has 0 atom stereocenters. The van der Waals surface area contributed by atoms with Crippen molar-refractivity contribution in [2.45, 2.75) is 20.3 Å². The van der Waals surface area contributed by atoms with Crippen molar-refractivity contribution in [3.8, 4) is 5.75 Å². The van der Waals surface area contributed by atoms with Crippen LogP contribution in [0.25, 0.3) is 0 Å². The topological polar surface area (TPSA) is 32.6 Å². The molecule has 0 radical (unpaired) electrons. The van der Waals surface area contributed by atoms with Crippen molar-refractivity contribution in [1.82, 2.24) is 0 Å². The molecule has 0 fully saturated rings. The fourth-order valence-corrected chi connectivity index (χ4v) is 3.23. The second-order valence-corrected chi connectivity index (χ2v) is 7.08. The Bertz CT molecular complexity index is 917. The first-order chi connectivity index (χ1) is 12.0. The summed E-state index contributed by atoms with van der Waals surface area (Å²) < 4.78 is 0.684. The molecule has 0 saturated heterocycles. The molecule has 25 heavy (non-hydrogen) atoms. The molecule has 0 saturated carbocycles. The van der Waals surface area contributed by atoms with Crippen LogP contribution in [0.4, 0.5) is 5.69 Å². The number of aromatic hydroxyl groups is 1. The number of hydrogen-bond donors (Lipinski definition) is 1. The van der Waals surface area contributed by atoms with Gasteiger partial charge in [0.15, 0.2) is 0 Å². The van der Waals surface area contributed by atoms with Gasteiger partial charge < -0.3 is 5.11 Å². The zero-order valence-corrected chi connectivity index (χ0v) is 15.9. The minimum absolute atomic E-state index is 0.214. The van der Waals surface area contributed by atoms with Gasteiger partial charge in [0.05, 0.1) is 10.2 Å². The smallest absolute Gasteiger partial charge is 0.138 e. The van der Waals surface area contributed by atoms with Crippen LogP contribution < -0.4 is 0 Å². The maximum absolute atomic E-state index is 10.4. The van der Waals surface area contributed by atoms with E-state index in [1.54, 1.807) is 6.21 Å². The number of aliphatic imine (C=N–C) groups is 1. The van der Waals surface area contributed by atoms with E-state index in [-0.39, 0.29) is 5.75 Å². The summed E-state index contributed by atoms with van der Waals surface area (Å²) in [6.45, 7) is 4.08. The second-order valence-electron chi connectivity index (χ2n) is 6.23. The van der Waals surface area contributed by atoms with Crippen molar-refractivity contribution in [2.75, 3.05) is 0 Å². The zero-order chi connectivity index (χ0) is 17.8. The summed E-state index contributed by atoms with van der Waals surface area (Å²) in [6, 6.07) is 20.4. The molecule has 3 rings (SSSR count). The summed E-state index contributed by atoms with van der Waals surface area (Å²) in [5, 5.41) is 10.4. The summed E-state index contributed by atoms with van der Waals surface area (Å²) in [7, 11) is 0. The van der Waals surface area contributed by atoms with Crippen LogP contribution in [0, 0.1) is 13.8 Å². The Morgan fingerprint density at radius 1 is 0.960 bits per heavy atom. The average Bonchev–Trinajstić information content (AvgIpc) is 2.60. The molecule has 126 valence electrons. The van der Waals surface area contributed by atoms with E-state index in [0.717, 1.165) is 23.2 Å². The van der Waals surface area contributed by atoms with Gasteiger partial charge in [0.25, 0.3) is 0 Å². The average molecular weight is 394 g/mol. The van der Waals surface area contributed by atoms with Crippen molar-refractivity contribution in [3.63, 3.8) is 0 Å².